The molecule has 6 aromatic carbocycles. The van der Waals surface area contributed by atoms with E-state index in [4.69, 9.17) is 36.7 Å². The second-order valence-electron chi connectivity index (χ2n) is 17.7. The van der Waals surface area contributed by atoms with Crippen molar-refractivity contribution in [3.63, 3.8) is 0 Å². The molecule has 8 aromatic rings. The lowest BCUT2D eigenvalue weighted by Crippen LogP contribution is -2.19. The van der Waals surface area contributed by atoms with Crippen molar-refractivity contribution in [2.75, 3.05) is 10.6 Å². The number of primary amides is 2. The fourth-order valence-electron chi connectivity index (χ4n) is 8.11. The van der Waals surface area contributed by atoms with Gasteiger partial charge in [-0.1, -0.05) is 42.8 Å². The molecule has 0 saturated heterocycles. The molecule has 0 aliphatic carbocycles. The van der Waals surface area contributed by atoms with E-state index in [0.29, 0.717) is 41.3 Å². The van der Waals surface area contributed by atoms with Gasteiger partial charge < -0.3 is 22.1 Å². The molecule has 38 heteroatoms. The molecule has 31 nitrogen and oxygen atoms in total. The van der Waals surface area contributed by atoms with E-state index >= 15 is 0 Å². The SMILES string of the molecule is Cc1cc(S(=O)(=O)O)c2cc(N=Nc3ccc(Cc4nc(F)nc(CCCCCc5nc(F)nc(Cc6ccc(N=Nc7cc8c(S(=O)(=O)O)cccc8cc7S(=O)(=O)O)c(NC(N)=O)c6)n5)n4)cc3NC(N)=O)ccc2c1.O=S(=O)=O.O=S(=O)=O. The minimum absolute atomic E-state index is 0.00250. The first-order valence-corrected chi connectivity index (χ1v) is 30.2. The topological polar surface area (TPSA) is 503 Å². The maximum Gasteiger partial charge on any atom is 0.425 e. The highest BCUT2D eigenvalue weighted by molar-refractivity contribution is 7.86. The Balaban J connectivity index is 0.00000139. The summed E-state index contributed by atoms with van der Waals surface area (Å²) in [5.74, 6) is 0.389. The molecule has 450 valence electrons. The van der Waals surface area contributed by atoms with Crippen LogP contribution in [0, 0.1) is 19.1 Å². The standard InChI is InChI=1S/C48H42F2N14O11S3.2O3S/c1-25-16-29-12-13-30(23-31(29)39(17-25)77(70,71)72)61-62-33-14-10-26(18-35(33)53-47(51)65)20-43-55-41(57-45(49)59-43)8-3-2-4-9-42-56-44(60-46(50)58-42)21-27-11-15-34(36(19-27)54-48(52)66)63-64-37-24-32-28(22-40(37)78(73,74)75)6-5-7-38(32)76(67,68)69;2*1-4(2)3/h5-7,10-19,22-24H,2-4,8-9,20-21H2,1H3,(H3,51,53,65)(H3,52,54,66)(H,67,68,69)(H,70,71,72)(H,73,74,75);;. The zero-order valence-corrected chi connectivity index (χ0v) is 47.8. The minimum Gasteiger partial charge on any atom is -0.351 e. The smallest absolute Gasteiger partial charge is 0.351 e. The lowest BCUT2D eigenvalue weighted by Gasteiger charge is -2.10. The van der Waals surface area contributed by atoms with Gasteiger partial charge in [0.2, 0.25) is 0 Å². The molecular formula is C48H42F2N14O17S5. The first kappa shape index (κ1) is 65.6. The van der Waals surface area contributed by atoms with Crippen LogP contribution in [0.4, 0.5) is 52.5 Å². The summed E-state index contributed by atoms with van der Waals surface area (Å²) in [5.41, 5.74) is 12.3. The second-order valence-corrected chi connectivity index (χ2v) is 22.7. The van der Waals surface area contributed by atoms with E-state index in [1.165, 1.54) is 54.6 Å². The summed E-state index contributed by atoms with van der Waals surface area (Å²) in [6.07, 6.45) is -0.213. The Hall–Kier alpha value is -9.57. The normalized spacial score (nSPS) is 11.7. The van der Waals surface area contributed by atoms with Crippen molar-refractivity contribution in [2.45, 2.75) is 66.6 Å². The zero-order chi connectivity index (χ0) is 63.3. The lowest BCUT2D eigenvalue weighted by molar-refractivity contribution is 0.258. The fraction of sp³-hybridized carbons (Fsp3) is 0.167. The number of aromatic nitrogens is 6. The van der Waals surface area contributed by atoms with Gasteiger partial charge in [0.1, 0.15) is 55.0 Å². The molecule has 0 fully saturated rings. The highest BCUT2D eigenvalue weighted by Gasteiger charge is 2.22. The number of urea groups is 2. The number of nitrogens with two attached hydrogens (primary N) is 2. The molecule has 0 atom stereocenters. The first-order valence-electron chi connectivity index (χ1n) is 23.9. The van der Waals surface area contributed by atoms with Gasteiger partial charge in [0.15, 0.2) is 0 Å². The number of azo groups is 2. The molecular weight excluding hydrogens is 1240 g/mol. The highest BCUT2D eigenvalue weighted by atomic mass is 32.2. The van der Waals surface area contributed by atoms with Crippen molar-refractivity contribution < 1.29 is 82.5 Å². The maximum absolute atomic E-state index is 14.7. The van der Waals surface area contributed by atoms with E-state index in [-0.39, 0.29) is 98.5 Å². The van der Waals surface area contributed by atoms with Crippen LogP contribution in [0.25, 0.3) is 21.5 Å². The second kappa shape index (κ2) is 28.3. The van der Waals surface area contributed by atoms with Gasteiger partial charge in [-0.15, -0.1) is 40.6 Å². The minimum atomic E-state index is -4.96. The van der Waals surface area contributed by atoms with Gasteiger partial charge >= 0.3 is 45.4 Å². The fourth-order valence-corrected chi connectivity index (χ4v) is 10.2. The number of hydrogen-bond acceptors (Lipinski definition) is 24. The number of halogens is 2. The van der Waals surface area contributed by atoms with Crippen LogP contribution in [0.15, 0.2) is 132 Å². The van der Waals surface area contributed by atoms with E-state index < -0.39 is 91.3 Å². The lowest BCUT2D eigenvalue weighted by atomic mass is 10.1. The number of carbonyl (C=O) groups excluding carboxylic acids is 2. The Morgan fingerprint density at radius 3 is 1.42 bits per heavy atom. The van der Waals surface area contributed by atoms with Crippen LogP contribution in [0.2, 0.25) is 0 Å². The van der Waals surface area contributed by atoms with Crippen LogP contribution in [0.3, 0.4) is 0 Å². The molecule has 9 N–H and O–H groups in total. The van der Waals surface area contributed by atoms with Gasteiger partial charge in [0.05, 0.1) is 17.1 Å². The molecule has 0 radical (unpaired) electrons. The molecule has 4 amide bonds. The molecule has 0 spiro atoms. The Labute approximate surface area is 487 Å². The summed E-state index contributed by atoms with van der Waals surface area (Å²) in [4.78, 5) is 46.4. The zero-order valence-electron chi connectivity index (χ0n) is 43.7. The summed E-state index contributed by atoms with van der Waals surface area (Å²) in [6, 6.07) is 20.3. The first-order chi connectivity index (χ1) is 40.3. The summed E-state index contributed by atoms with van der Waals surface area (Å²) in [7, 11) is -20.5. The monoisotopic (exact) mass is 1280 g/mol. The third kappa shape index (κ3) is 19.5. The van der Waals surface area contributed by atoms with E-state index in [1.807, 2.05) is 0 Å². The average molecular weight is 1290 g/mol. The number of anilines is 2. The third-order valence-electron chi connectivity index (χ3n) is 11.4. The molecule has 2 aromatic heterocycles. The van der Waals surface area contributed by atoms with Crippen molar-refractivity contribution in [3.8, 4) is 0 Å². The van der Waals surface area contributed by atoms with Crippen molar-refractivity contribution in [2.24, 2.45) is 31.9 Å². The van der Waals surface area contributed by atoms with Gasteiger partial charge in [-0.2, -0.15) is 59.1 Å². The number of amides is 4. The summed E-state index contributed by atoms with van der Waals surface area (Å²) in [6.45, 7) is 1.69. The van der Waals surface area contributed by atoms with Crippen LogP contribution < -0.4 is 22.1 Å². The van der Waals surface area contributed by atoms with Gasteiger partial charge in [-0.05, 0) is 108 Å². The van der Waals surface area contributed by atoms with E-state index in [9.17, 15) is 57.3 Å². The number of carbonyl (C=O) groups is 2. The van der Waals surface area contributed by atoms with E-state index in [0.717, 1.165) is 18.2 Å². The number of nitrogens with one attached hydrogen (secondary N) is 2. The predicted molar refractivity (Wildman–Crippen MR) is 296 cm³/mol. The Bertz CT molecular complexity index is 4610. The quantitative estimate of drug-likeness (QED) is 0.0254. The summed E-state index contributed by atoms with van der Waals surface area (Å²) in [5, 5.41) is 21.8. The molecule has 0 saturated carbocycles. The molecule has 0 aliphatic rings. The Kier molecular flexibility index (Phi) is 21.6. The number of hydrogen-bond donors (Lipinski definition) is 7. The van der Waals surface area contributed by atoms with E-state index in [2.05, 4.69) is 61.0 Å². The van der Waals surface area contributed by atoms with Crippen LogP contribution >= 0.6 is 0 Å². The molecule has 86 heavy (non-hydrogen) atoms. The van der Waals surface area contributed by atoms with Crippen LogP contribution in [-0.4, -0.2) is 106 Å². The average Bonchev–Trinajstić information content (AvgIpc) is 1.02. The van der Waals surface area contributed by atoms with Crippen molar-refractivity contribution >= 4 is 119 Å². The Morgan fingerprint density at radius 2 is 0.942 bits per heavy atom. The predicted octanol–water partition coefficient (Wildman–Crippen LogP) is 6.63. The largest absolute Gasteiger partial charge is 0.425 e. The number of fused-ring (bicyclic) bond motifs is 2. The molecule has 0 bridgehead atoms. The van der Waals surface area contributed by atoms with Gasteiger partial charge in [-0.3, -0.25) is 13.7 Å². The highest BCUT2D eigenvalue weighted by Crippen LogP contribution is 2.37. The molecule has 0 unspecified atom stereocenters. The summed E-state index contributed by atoms with van der Waals surface area (Å²) >= 11 is 0. The van der Waals surface area contributed by atoms with Gasteiger partial charge in [-0.25, -0.2) is 19.6 Å². The van der Waals surface area contributed by atoms with Gasteiger partial charge in [0, 0.05) is 36.5 Å². The third-order valence-corrected chi connectivity index (χ3v) is 14.1. The van der Waals surface area contributed by atoms with Crippen LogP contribution in [0.5, 0.6) is 0 Å². The number of rotatable bonds is 19. The van der Waals surface area contributed by atoms with E-state index in [1.54, 1.807) is 31.2 Å². The van der Waals surface area contributed by atoms with Crippen molar-refractivity contribution in [1.29, 1.82) is 0 Å². The van der Waals surface area contributed by atoms with Crippen LogP contribution in [-0.2, 0) is 77.3 Å². The van der Waals surface area contributed by atoms with Crippen LogP contribution in [0.1, 0.15) is 59.3 Å². The summed E-state index contributed by atoms with van der Waals surface area (Å²) < 4.78 is 183. The van der Waals surface area contributed by atoms with Crippen molar-refractivity contribution in [3.05, 3.63) is 149 Å². The maximum atomic E-state index is 14.7. The van der Waals surface area contributed by atoms with Gasteiger partial charge in [0.25, 0.3) is 30.4 Å². The molecule has 0 aliphatic heterocycles. The van der Waals surface area contributed by atoms with Crippen molar-refractivity contribution in [1.82, 2.24) is 29.9 Å². The number of benzene rings is 6. The number of aryl methyl sites for hydroxylation is 3. The number of unbranched alkanes of at least 4 members (excludes halogenated alkanes) is 2. The molecule has 8 rings (SSSR count). The number of nitrogens with zero attached hydrogens (tertiary/aromatic N) is 10. The molecule has 2 heterocycles. The Morgan fingerprint density at radius 1 is 0.500 bits per heavy atom.